The third-order valence-electron chi connectivity index (χ3n) is 3.72. The molecule has 0 saturated carbocycles. The van der Waals surface area contributed by atoms with Gasteiger partial charge >= 0.3 is 51.4 Å². The SMILES string of the molecule is O=c1c2c3c(sc2nc([S-])n1-c1ccccc1)CCC3.[K+]. The Hall–Kier alpha value is -0.0836. The van der Waals surface area contributed by atoms with Crippen LogP contribution in [-0.2, 0) is 25.5 Å². The average molecular weight is 338 g/mol. The normalized spacial score (nSPS) is 13.1. The number of hydrogen-bond acceptors (Lipinski definition) is 4. The number of benzene rings is 1. The van der Waals surface area contributed by atoms with E-state index >= 15 is 0 Å². The van der Waals surface area contributed by atoms with E-state index in [1.807, 2.05) is 30.3 Å². The quantitative estimate of drug-likeness (QED) is 0.352. The van der Waals surface area contributed by atoms with Crippen molar-refractivity contribution in [2.45, 2.75) is 24.4 Å². The van der Waals surface area contributed by atoms with Crippen LogP contribution >= 0.6 is 11.3 Å². The fourth-order valence-corrected chi connectivity index (χ4v) is 4.42. The second-order valence-electron chi connectivity index (χ2n) is 4.91. The molecule has 2 heterocycles. The first kappa shape index (κ1) is 15.8. The van der Waals surface area contributed by atoms with Gasteiger partial charge in [0, 0.05) is 10.6 Å². The first-order valence-corrected chi connectivity index (χ1v) is 7.78. The number of nitrogens with zero attached hydrogens (tertiary/aromatic N) is 2. The average Bonchev–Trinajstić information content (AvgIpc) is 2.99. The van der Waals surface area contributed by atoms with Gasteiger partial charge in [-0.2, -0.15) is 0 Å². The number of aryl methyl sites for hydroxylation is 2. The van der Waals surface area contributed by atoms with Gasteiger partial charge in [-0.1, -0.05) is 18.2 Å². The third-order valence-corrected chi connectivity index (χ3v) is 5.18. The molecule has 0 aliphatic heterocycles. The maximum absolute atomic E-state index is 12.8. The maximum Gasteiger partial charge on any atom is 1.00 e. The number of thiophene rings is 1. The van der Waals surface area contributed by atoms with Gasteiger partial charge in [0.2, 0.25) is 0 Å². The van der Waals surface area contributed by atoms with Crippen LogP contribution in [0.5, 0.6) is 0 Å². The first-order valence-electron chi connectivity index (χ1n) is 6.55. The Bertz CT molecular complexity index is 871. The molecule has 0 atom stereocenters. The summed E-state index contributed by atoms with van der Waals surface area (Å²) in [4.78, 5) is 19.4. The third kappa shape index (κ3) is 2.57. The van der Waals surface area contributed by atoms with Crippen LogP contribution < -0.4 is 56.9 Å². The maximum atomic E-state index is 12.8. The topological polar surface area (TPSA) is 34.9 Å². The zero-order valence-corrected chi connectivity index (χ0v) is 16.4. The summed E-state index contributed by atoms with van der Waals surface area (Å²) < 4.78 is 1.54. The van der Waals surface area contributed by atoms with Crippen LogP contribution in [-0.4, -0.2) is 9.55 Å². The van der Waals surface area contributed by atoms with Crippen molar-refractivity contribution in [1.82, 2.24) is 9.55 Å². The molecule has 1 aromatic carbocycles. The van der Waals surface area contributed by atoms with Gasteiger partial charge in [-0.3, -0.25) is 9.36 Å². The van der Waals surface area contributed by atoms with Crippen molar-refractivity contribution >= 4 is 34.2 Å². The molecule has 1 aliphatic rings. The molecule has 1 aliphatic carbocycles. The molecule has 100 valence electrons. The minimum atomic E-state index is -0.0226. The summed E-state index contributed by atoms with van der Waals surface area (Å²) in [6, 6.07) is 9.50. The fraction of sp³-hybridized carbons (Fsp3) is 0.200. The van der Waals surface area contributed by atoms with E-state index in [2.05, 4.69) is 4.98 Å². The van der Waals surface area contributed by atoms with E-state index in [1.165, 1.54) is 10.4 Å². The van der Waals surface area contributed by atoms with Gasteiger partial charge in [-0.15, -0.1) is 11.3 Å². The molecule has 3 aromatic rings. The number of hydrogen-bond donors (Lipinski definition) is 0. The van der Waals surface area contributed by atoms with Gasteiger partial charge in [-0.05, 0) is 42.1 Å². The smallest absolute Gasteiger partial charge is 0.742 e. The van der Waals surface area contributed by atoms with E-state index in [0.717, 1.165) is 35.2 Å². The number of rotatable bonds is 1. The second-order valence-corrected chi connectivity index (χ2v) is 6.36. The van der Waals surface area contributed by atoms with Crippen LogP contribution in [0.2, 0.25) is 0 Å². The van der Waals surface area contributed by atoms with Crippen LogP contribution in [0.1, 0.15) is 16.9 Å². The zero-order valence-electron chi connectivity index (χ0n) is 11.6. The molecule has 3 nitrogen and oxygen atoms in total. The van der Waals surface area contributed by atoms with E-state index in [4.69, 9.17) is 12.6 Å². The van der Waals surface area contributed by atoms with Gasteiger partial charge < -0.3 is 12.6 Å². The van der Waals surface area contributed by atoms with Crippen molar-refractivity contribution in [3.63, 3.8) is 0 Å². The Kier molecular flexibility index (Phi) is 4.66. The van der Waals surface area contributed by atoms with Crippen molar-refractivity contribution in [2.24, 2.45) is 0 Å². The van der Waals surface area contributed by atoms with Gasteiger partial charge in [-0.25, -0.2) is 4.98 Å². The minimum Gasteiger partial charge on any atom is -0.742 e. The molecule has 0 spiro atoms. The molecule has 2 aromatic heterocycles. The van der Waals surface area contributed by atoms with E-state index in [1.54, 1.807) is 15.9 Å². The Balaban J connectivity index is 0.00000132. The van der Waals surface area contributed by atoms with Crippen molar-refractivity contribution in [1.29, 1.82) is 0 Å². The Morgan fingerprint density at radius 2 is 1.95 bits per heavy atom. The van der Waals surface area contributed by atoms with Crippen molar-refractivity contribution < 1.29 is 51.4 Å². The number of fused-ring (bicyclic) bond motifs is 3. The summed E-state index contributed by atoms with van der Waals surface area (Å²) in [6.07, 6.45) is 3.18. The molecule has 0 fully saturated rings. The summed E-state index contributed by atoms with van der Waals surface area (Å²) in [7, 11) is 0. The molecule has 21 heavy (non-hydrogen) atoms. The number of para-hydroxylation sites is 1. The van der Waals surface area contributed by atoms with Gasteiger partial charge in [0.15, 0.2) is 0 Å². The van der Waals surface area contributed by atoms with Crippen LogP contribution in [0.4, 0.5) is 0 Å². The van der Waals surface area contributed by atoms with E-state index in [0.29, 0.717) is 5.16 Å². The zero-order chi connectivity index (χ0) is 13.7. The molecule has 4 rings (SSSR count). The van der Waals surface area contributed by atoms with E-state index < -0.39 is 0 Å². The molecule has 0 amide bonds. The summed E-state index contributed by atoms with van der Waals surface area (Å²) in [5.41, 5.74) is 1.96. The minimum absolute atomic E-state index is 0. The summed E-state index contributed by atoms with van der Waals surface area (Å²) in [5, 5.41) is 1.12. The molecule has 0 unspecified atom stereocenters. The van der Waals surface area contributed by atoms with Crippen LogP contribution in [0.15, 0.2) is 40.3 Å². The number of aromatic nitrogens is 2. The van der Waals surface area contributed by atoms with Crippen molar-refractivity contribution in [2.75, 3.05) is 0 Å². The molecule has 0 saturated heterocycles. The first-order chi connectivity index (χ1) is 9.75. The molecular formula is C15H11KN2OS2. The molecule has 6 heteroatoms. The summed E-state index contributed by atoms with van der Waals surface area (Å²) in [6.45, 7) is 0. The molecule has 0 radical (unpaired) electrons. The predicted molar refractivity (Wildman–Crippen MR) is 82.9 cm³/mol. The molecule has 0 N–H and O–H groups in total. The summed E-state index contributed by atoms with van der Waals surface area (Å²) in [5.74, 6) is 0. The standard InChI is InChI=1S/C15H12N2OS2.K/c18-14-12-10-7-4-8-11(10)20-13(12)16-15(19)17(14)9-5-2-1-3-6-9;/h1-3,5-6H,4,7-8H2,(H,16,19);/q;+1/p-1. The van der Waals surface area contributed by atoms with Crippen molar-refractivity contribution in [3.8, 4) is 5.69 Å². The van der Waals surface area contributed by atoms with Crippen LogP contribution in [0.25, 0.3) is 15.9 Å². The largest absolute Gasteiger partial charge is 1.00 e. The van der Waals surface area contributed by atoms with Gasteiger partial charge in [0.1, 0.15) is 4.83 Å². The van der Waals surface area contributed by atoms with Crippen LogP contribution in [0, 0.1) is 0 Å². The monoisotopic (exact) mass is 338 g/mol. The van der Waals surface area contributed by atoms with Crippen molar-refractivity contribution in [3.05, 3.63) is 51.1 Å². The predicted octanol–water partition coefficient (Wildman–Crippen LogP) is -0.154. The summed E-state index contributed by atoms with van der Waals surface area (Å²) >= 11 is 6.94. The van der Waals surface area contributed by atoms with E-state index in [9.17, 15) is 4.79 Å². The Labute approximate surface area is 174 Å². The van der Waals surface area contributed by atoms with Gasteiger partial charge in [0.05, 0.1) is 5.39 Å². The van der Waals surface area contributed by atoms with Gasteiger partial charge in [0.25, 0.3) is 5.56 Å². The van der Waals surface area contributed by atoms with E-state index in [-0.39, 0.29) is 56.9 Å². The second kappa shape index (κ2) is 6.20. The fourth-order valence-electron chi connectivity index (χ4n) is 2.83. The molecule has 0 bridgehead atoms. The molecular weight excluding hydrogens is 327 g/mol. The van der Waals surface area contributed by atoms with Crippen LogP contribution in [0.3, 0.4) is 0 Å². The Morgan fingerprint density at radius 1 is 1.19 bits per heavy atom. The Morgan fingerprint density at radius 3 is 2.71 bits per heavy atom.